The van der Waals surface area contributed by atoms with Crippen LogP contribution in [-0.4, -0.2) is 9.91 Å². The van der Waals surface area contributed by atoms with Crippen LogP contribution in [0.15, 0.2) is 42.6 Å². The zero-order valence-corrected chi connectivity index (χ0v) is 13.3. The van der Waals surface area contributed by atoms with Crippen molar-refractivity contribution in [2.75, 3.05) is 5.32 Å². The molecule has 0 aliphatic heterocycles. The summed E-state index contributed by atoms with van der Waals surface area (Å²) in [7, 11) is 0. The van der Waals surface area contributed by atoms with Crippen LogP contribution in [-0.2, 0) is 6.54 Å². The minimum absolute atomic E-state index is 0.00789. The highest BCUT2D eigenvalue weighted by molar-refractivity contribution is 5.95. The monoisotopic (exact) mass is 336 g/mol. The SMILES string of the molecule is Cc1cc(F)cc2c(NCc3ccc([N+](=O)[O-])cc3)c(C#N)cnc12. The van der Waals surface area contributed by atoms with Gasteiger partial charge >= 0.3 is 0 Å². The van der Waals surface area contributed by atoms with Gasteiger partial charge in [-0.1, -0.05) is 12.1 Å². The van der Waals surface area contributed by atoms with Gasteiger partial charge in [-0.3, -0.25) is 15.1 Å². The molecule has 25 heavy (non-hydrogen) atoms. The molecular formula is C18H13FN4O2. The zero-order chi connectivity index (χ0) is 18.0. The van der Waals surface area contributed by atoms with Crippen molar-refractivity contribution in [2.24, 2.45) is 0 Å². The number of non-ortho nitro benzene ring substituents is 1. The summed E-state index contributed by atoms with van der Waals surface area (Å²) < 4.78 is 13.8. The second kappa shape index (κ2) is 6.53. The number of aromatic nitrogens is 1. The molecule has 1 aromatic heterocycles. The number of nitriles is 1. The highest BCUT2D eigenvalue weighted by Gasteiger charge is 2.12. The second-order valence-corrected chi connectivity index (χ2v) is 5.55. The molecule has 0 fully saturated rings. The minimum Gasteiger partial charge on any atom is -0.379 e. The van der Waals surface area contributed by atoms with E-state index in [1.165, 1.54) is 30.5 Å². The standard InChI is InChI=1S/C18H13FN4O2/c1-11-6-14(19)7-16-17(11)22-10-13(8-20)18(16)21-9-12-2-4-15(5-3-12)23(24)25/h2-7,10H,9H2,1H3,(H,21,22). The van der Waals surface area contributed by atoms with Crippen molar-refractivity contribution >= 4 is 22.3 Å². The van der Waals surface area contributed by atoms with E-state index in [4.69, 9.17) is 0 Å². The van der Waals surface area contributed by atoms with Gasteiger partial charge in [0, 0.05) is 30.3 Å². The summed E-state index contributed by atoms with van der Waals surface area (Å²) in [5.74, 6) is -0.403. The fraction of sp³-hybridized carbons (Fsp3) is 0.111. The van der Waals surface area contributed by atoms with Gasteiger partial charge in [0.15, 0.2) is 0 Å². The van der Waals surface area contributed by atoms with Gasteiger partial charge in [0.25, 0.3) is 5.69 Å². The Labute approximate surface area is 142 Å². The minimum atomic E-state index is -0.465. The molecule has 2 aromatic carbocycles. The lowest BCUT2D eigenvalue weighted by molar-refractivity contribution is -0.384. The van der Waals surface area contributed by atoms with Crippen LogP contribution >= 0.6 is 0 Å². The molecule has 0 saturated carbocycles. The Morgan fingerprint density at radius 3 is 2.68 bits per heavy atom. The third kappa shape index (κ3) is 3.23. The largest absolute Gasteiger partial charge is 0.379 e. The number of fused-ring (bicyclic) bond motifs is 1. The van der Waals surface area contributed by atoms with Crippen LogP contribution in [0.25, 0.3) is 10.9 Å². The molecule has 1 heterocycles. The first-order valence-corrected chi connectivity index (χ1v) is 7.45. The molecular weight excluding hydrogens is 323 g/mol. The summed E-state index contributed by atoms with van der Waals surface area (Å²) in [5, 5.41) is 23.7. The van der Waals surface area contributed by atoms with Crippen molar-refractivity contribution in [3.63, 3.8) is 0 Å². The van der Waals surface area contributed by atoms with Gasteiger partial charge in [-0.2, -0.15) is 5.26 Å². The topological polar surface area (TPSA) is 91.9 Å². The first kappa shape index (κ1) is 16.3. The number of anilines is 1. The van der Waals surface area contributed by atoms with Crippen molar-refractivity contribution < 1.29 is 9.31 Å². The maximum absolute atomic E-state index is 13.8. The molecule has 0 saturated heterocycles. The predicted molar refractivity (Wildman–Crippen MR) is 91.6 cm³/mol. The van der Waals surface area contributed by atoms with Crippen molar-refractivity contribution in [2.45, 2.75) is 13.5 Å². The van der Waals surface area contributed by atoms with Crippen molar-refractivity contribution in [3.05, 3.63) is 75.2 Å². The molecule has 124 valence electrons. The highest BCUT2D eigenvalue weighted by atomic mass is 19.1. The van der Waals surface area contributed by atoms with Gasteiger partial charge < -0.3 is 5.32 Å². The van der Waals surface area contributed by atoms with E-state index in [0.717, 1.165) is 5.56 Å². The highest BCUT2D eigenvalue weighted by Crippen LogP contribution is 2.29. The van der Waals surface area contributed by atoms with Gasteiger partial charge in [-0.15, -0.1) is 0 Å². The molecule has 0 bridgehead atoms. The van der Waals surface area contributed by atoms with E-state index in [1.807, 2.05) is 0 Å². The Kier molecular flexibility index (Phi) is 4.27. The molecule has 7 heteroatoms. The number of nitrogens with zero attached hydrogens (tertiary/aromatic N) is 3. The third-order valence-electron chi connectivity index (χ3n) is 3.86. The Morgan fingerprint density at radius 2 is 2.04 bits per heavy atom. The number of rotatable bonds is 4. The zero-order valence-electron chi connectivity index (χ0n) is 13.3. The molecule has 3 aromatic rings. The Morgan fingerprint density at radius 1 is 1.32 bits per heavy atom. The first-order chi connectivity index (χ1) is 12.0. The number of nitro groups is 1. The quantitative estimate of drug-likeness (QED) is 0.572. The molecule has 0 spiro atoms. The summed E-state index contributed by atoms with van der Waals surface area (Å²) in [4.78, 5) is 14.5. The van der Waals surface area contributed by atoms with Gasteiger partial charge in [-0.05, 0) is 30.2 Å². The average molecular weight is 336 g/mol. The number of nitrogens with one attached hydrogen (secondary N) is 1. The van der Waals surface area contributed by atoms with Crippen LogP contribution in [0.4, 0.5) is 15.8 Å². The first-order valence-electron chi connectivity index (χ1n) is 7.45. The van der Waals surface area contributed by atoms with E-state index < -0.39 is 10.7 Å². The molecule has 0 aliphatic rings. The van der Waals surface area contributed by atoms with Crippen LogP contribution < -0.4 is 5.32 Å². The summed E-state index contributed by atoms with van der Waals surface area (Å²) in [6, 6.07) is 10.9. The second-order valence-electron chi connectivity index (χ2n) is 5.55. The maximum atomic E-state index is 13.8. The van der Waals surface area contributed by atoms with E-state index in [2.05, 4.69) is 16.4 Å². The van der Waals surface area contributed by atoms with E-state index in [1.54, 1.807) is 19.1 Å². The fourth-order valence-electron chi connectivity index (χ4n) is 2.64. The molecule has 0 atom stereocenters. The number of hydrogen-bond donors (Lipinski definition) is 1. The van der Waals surface area contributed by atoms with Crippen molar-refractivity contribution in [1.29, 1.82) is 5.26 Å². The van der Waals surface area contributed by atoms with Crippen LogP contribution in [0.5, 0.6) is 0 Å². The van der Waals surface area contributed by atoms with Crippen LogP contribution in [0.3, 0.4) is 0 Å². The molecule has 1 N–H and O–H groups in total. The average Bonchev–Trinajstić information content (AvgIpc) is 2.59. The Hall–Kier alpha value is -3.53. The van der Waals surface area contributed by atoms with Crippen LogP contribution in [0, 0.1) is 34.2 Å². The Balaban J connectivity index is 1.97. The molecule has 0 amide bonds. The maximum Gasteiger partial charge on any atom is 0.269 e. The van der Waals surface area contributed by atoms with Gasteiger partial charge in [-0.25, -0.2) is 4.39 Å². The molecule has 0 radical (unpaired) electrons. The van der Waals surface area contributed by atoms with Crippen LogP contribution in [0.1, 0.15) is 16.7 Å². The van der Waals surface area contributed by atoms with E-state index in [9.17, 15) is 19.8 Å². The number of benzene rings is 2. The molecule has 0 unspecified atom stereocenters. The number of nitro benzene ring substituents is 1. The Bertz CT molecular complexity index is 1010. The van der Waals surface area contributed by atoms with Gasteiger partial charge in [0.05, 0.1) is 21.7 Å². The number of pyridine rings is 1. The third-order valence-corrected chi connectivity index (χ3v) is 3.86. The lowest BCUT2D eigenvalue weighted by Gasteiger charge is -2.12. The van der Waals surface area contributed by atoms with Crippen molar-refractivity contribution in [3.8, 4) is 6.07 Å². The lowest BCUT2D eigenvalue weighted by atomic mass is 10.1. The van der Waals surface area contributed by atoms with Gasteiger partial charge in [0.2, 0.25) is 0 Å². The predicted octanol–water partition coefficient (Wildman–Crippen LogP) is 4.07. The van der Waals surface area contributed by atoms with Gasteiger partial charge in [0.1, 0.15) is 11.9 Å². The summed E-state index contributed by atoms with van der Waals surface area (Å²) >= 11 is 0. The normalized spacial score (nSPS) is 10.4. The smallest absolute Gasteiger partial charge is 0.269 e. The van der Waals surface area contributed by atoms with E-state index in [0.29, 0.717) is 34.3 Å². The number of aryl methyl sites for hydroxylation is 1. The molecule has 6 nitrogen and oxygen atoms in total. The summed E-state index contributed by atoms with van der Waals surface area (Å²) in [6.45, 7) is 2.09. The van der Waals surface area contributed by atoms with Crippen LogP contribution in [0.2, 0.25) is 0 Å². The number of hydrogen-bond acceptors (Lipinski definition) is 5. The summed E-state index contributed by atoms with van der Waals surface area (Å²) in [5.41, 5.74) is 2.90. The van der Waals surface area contributed by atoms with E-state index >= 15 is 0 Å². The van der Waals surface area contributed by atoms with E-state index in [-0.39, 0.29) is 5.69 Å². The molecule has 3 rings (SSSR count). The lowest BCUT2D eigenvalue weighted by Crippen LogP contribution is -2.04. The fourth-order valence-corrected chi connectivity index (χ4v) is 2.64. The summed E-state index contributed by atoms with van der Waals surface area (Å²) in [6.07, 6.45) is 1.45. The van der Waals surface area contributed by atoms with Crippen molar-refractivity contribution in [1.82, 2.24) is 4.98 Å². The molecule has 0 aliphatic carbocycles. The number of halogens is 1.